The maximum Gasteiger partial charge on any atom is 0.145 e. The highest BCUT2D eigenvalue weighted by Crippen LogP contribution is 2.28. The van der Waals surface area contributed by atoms with Gasteiger partial charge in [-0.3, -0.25) is 0 Å². The number of benzene rings is 1. The molecule has 20 heavy (non-hydrogen) atoms. The predicted molar refractivity (Wildman–Crippen MR) is 79.7 cm³/mol. The third-order valence-corrected chi connectivity index (χ3v) is 2.65. The molecule has 0 aliphatic carbocycles. The first kappa shape index (κ1) is 16.6. The second kappa shape index (κ2) is 7.36. The molecule has 1 rings (SSSR count). The molecule has 0 saturated heterocycles. The minimum Gasteiger partial charge on any atom is -0.497 e. The molecular formula is C15H25NO4. The number of hydrogen-bond donors (Lipinski definition) is 2. The molecule has 5 heteroatoms. The number of aliphatic hydroxyl groups excluding tert-OH is 1. The lowest BCUT2D eigenvalue weighted by Gasteiger charge is -2.22. The van der Waals surface area contributed by atoms with Crippen molar-refractivity contribution in [2.24, 2.45) is 0 Å². The number of anilines is 1. The highest BCUT2D eigenvalue weighted by Gasteiger charge is 2.14. The smallest absolute Gasteiger partial charge is 0.145 e. The number of methoxy groups -OCH3 is 2. The van der Waals surface area contributed by atoms with Crippen LogP contribution in [0.3, 0.4) is 0 Å². The average Bonchev–Trinajstić information content (AvgIpc) is 2.41. The standard InChI is InChI=1S/C15H25NO4/c1-15(2,3)20-10-11(17)9-16-13-7-6-12(18-4)8-14(13)19-5/h6-8,11,16-17H,9-10H2,1-5H3. The summed E-state index contributed by atoms with van der Waals surface area (Å²) >= 11 is 0. The van der Waals surface area contributed by atoms with E-state index in [1.54, 1.807) is 20.3 Å². The van der Waals surface area contributed by atoms with Gasteiger partial charge in [0.05, 0.1) is 38.2 Å². The van der Waals surface area contributed by atoms with E-state index in [-0.39, 0.29) is 12.2 Å². The van der Waals surface area contributed by atoms with E-state index < -0.39 is 6.10 Å². The molecule has 1 unspecified atom stereocenters. The van der Waals surface area contributed by atoms with Gasteiger partial charge >= 0.3 is 0 Å². The van der Waals surface area contributed by atoms with Crippen molar-refractivity contribution in [1.29, 1.82) is 0 Å². The molecule has 114 valence electrons. The topological polar surface area (TPSA) is 60.0 Å². The molecule has 1 aromatic carbocycles. The van der Waals surface area contributed by atoms with E-state index in [9.17, 15) is 5.11 Å². The number of ether oxygens (including phenoxy) is 3. The van der Waals surface area contributed by atoms with Gasteiger partial charge in [-0.2, -0.15) is 0 Å². The molecule has 0 saturated carbocycles. The van der Waals surface area contributed by atoms with Crippen LogP contribution in [-0.4, -0.2) is 44.2 Å². The van der Waals surface area contributed by atoms with E-state index in [1.165, 1.54) is 0 Å². The van der Waals surface area contributed by atoms with Gasteiger partial charge in [-0.25, -0.2) is 0 Å². The highest BCUT2D eigenvalue weighted by molar-refractivity contribution is 5.59. The minimum atomic E-state index is -0.582. The van der Waals surface area contributed by atoms with Crippen LogP contribution in [0.4, 0.5) is 5.69 Å². The number of nitrogens with one attached hydrogen (secondary N) is 1. The fourth-order valence-corrected chi connectivity index (χ4v) is 1.58. The first-order valence-electron chi connectivity index (χ1n) is 6.63. The van der Waals surface area contributed by atoms with Crippen LogP contribution in [-0.2, 0) is 4.74 Å². The lowest BCUT2D eigenvalue weighted by atomic mass is 10.2. The van der Waals surface area contributed by atoms with Crippen molar-refractivity contribution in [3.05, 3.63) is 18.2 Å². The summed E-state index contributed by atoms with van der Waals surface area (Å²) in [6.45, 7) is 6.55. The van der Waals surface area contributed by atoms with Gasteiger partial charge in [0, 0.05) is 12.6 Å². The molecule has 0 aliphatic rings. The van der Waals surface area contributed by atoms with Crippen LogP contribution in [0, 0.1) is 0 Å². The average molecular weight is 283 g/mol. The molecule has 0 heterocycles. The summed E-state index contributed by atoms with van der Waals surface area (Å²) in [5.74, 6) is 1.40. The SMILES string of the molecule is COc1ccc(NCC(O)COC(C)(C)C)c(OC)c1. The predicted octanol–water partition coefficient (Wildman–Crippen LogP) is 2.29. The highest BCUT2D eigenvalue weighted by atomic mass is 16.5. The van der Waals surface area contributed by atoms with Crippen molar-refractivity contribution in [3.63, 3.8) is 0 Å². The Balaban J connectivity index is 2.52. The zero-order valence-corrected chi connectivity index (χ0v) is 12.9. The van der Waals surface area contributed by atoms with Gasteiger partial charge in [0.2, 0.25) is 0 Å². The van der Waals surface area contributed by atoms with E-state index in [1.807, 2.05) is 32.9 Å². The molecule has 1 aromatic rings. The van der Waals surface area contributed by atoms with Crippen LogP contribution >= 0.6 is 0 Å². The summed E-state index contributed by atoms with van der Waals surface area (Å²) in [5.41, 5.74) is 0.557. The largest absolute Gasteiger partial charge is 0.497 e. The van der Waals surface area contributed by atoms with E-state index in [2.05, 4.69) is 5.32 Å². The summed E-state index contributed by atoms with van der Waals surface area (Å²) in [5, 5.41) is 13.0. The molecule has 0 spiro atoms. The molecule has 0 aliphatic heterocycles. The lowest BCUT2D eigenvalue weighted by molar-refractivity contribution is -0.0449. The Morgan fingerprint density at radius 3 is 2.45 bits per heavy atom. The second-order valence-corrected chi connectivity index (χ2v) is 5.52. The number of hydrogen-bond acceptors (Lipinski definition) is 5. The van der Waals surface area contributed by atoms with E-state index in [0.717, 1.165) is 11.4 Å². The Bertz CT molecular complexity index is 415. The molecule has 0 radical (unpaired) electrons. The van der Waals surface area contributed by atoms with E-state index in [4.69, 9.17) is 14.2 Å². The van der Waals surface area contributed by atoms with Crippen LogP contribution in [0.25, 0.3) is 0 Å². The third kappa shape index (κ3) is 5.67. The van der Waals surface area contributed by atoms with Crippen LogP contribution in [0.2, 0.25) is 0 Å². The minimum absolute atomic E-state index is 0.251. The van der Waals surface area contributed by atoms with Gasteiger partial charge in [0.15, 0.2) is 0 Å². The van der Waals surface area contributed by atoms with Crippen LogP contribution < -0.4 is 14.8 Å². The molecule has 0 fully saturated rings. The quantitative estimate of drug-likeness (QED) is 0.804. The van der Waals surface area contributed by atoms with E-state index >= 15 is 0 Å². The lowest BCUT2D eigenvalue weighted by Crippen LogP contribution is -2.30. The molecule has 0 bridgehead atoms. The van der Waals surface area contributed by atoms with Gasteiger partial charge < -0.3 is 24.6 Å². The summed E-state index contributed by atoms with van der Waals surface area (Å²) in [7, 11) is 3.20. The zero-order chi connectivity index (χ0) is 15.2. The Morgan fingerprint density at radius 2 is 1.90 bits per heavy atom. The van der Waals surface area contributed by atoms with Crippen molar-refractivity contribution in [1.82, 2.24) is 0 Å². The molecule has 5 nitrogen and oxygen atoms in total. The monoisotopic (exact) mass is 283 g/mol. The fraction of sp³-hybridized carbons (Fsp3) is 0.600. The molecule has 0 amide bonds. The van der Waals surface area contributed by atoms with Gasteiger partial charge in [-0.1, -0.05) is 0 Å². The van der Waals surface area contributed by atoms with Crippen molar-refractivity contribution < 1.29 is 19.3 Å². The van der Waals surface area contributed by atoms with Gasteiger partial charge in [0.25, 0.3) is 0 Å². The van der Waals surface area contributed by atoms with Crippen LogP contribution in [0.1, 0.15) is 20.8 Å². The molecule has 1 atom stereocenters. The number of rotatable bonds is 7. The van der Waals surface area contributed by atoms with Crippen LogP contribution in [0.5, 0.6) is 11.5 Å². The Kier molecular flexibility index (Phi) is 6.10. The van der Waals surface area contributed by atoms with Crippen LogP contribution in [0.15, 0.2) is 18.2 Å². The summed E-state index contributed by atoms with van der Waals surface area (Å²) in [4.78, 5) is 0. The Morgan fingerprint density at radius 1 is 1.20 bits per heavy atom. The first-order valence-corrected chi connectivity index (χ1v) is 6.63. The third-order valence-electron chi connectivity index (χ3n) is 2.65. The maximum absolute atomic E-state index is 9.89. The summed E-state index contributed by atoms with van der Waals surface area (Å²) in [6.07, 6.45) is -0.582. The maximum atomic E-state index is 9.89. The van der Waals surface area contributed by atoms with Crippen molar-refractivity contribution in [3.8, 4) is 11.5 Å². The number of aliphatic hydroxyl groups is 1. The second-order valence-electron chi connectivity index (χ2n) is 5.52. The normalized spacial score (nSPS) is 12.9. The molecule has 2 N–H and O–H groups in total. The zero-order valence-electron chi connectivity index (χ0n) is 12.9. The molecule has 0 aromatic heterocycles. The Labute approximate surface area is 120 Å². The van der Waals surface area contributed by atoms with Gasteiger partial charge in [-0.05, 0) is 32.9 Å². The fourth-order valence-electron chi connectivity index (χ4n) is 1.58. The summed E-state index contributed by atoms with van der Waals surface area (Å²) in [6, 6.07) is 5.48. The van der Waals surface area contributed by atoms with Gasteiger partial charge in [-0.15, -0.1) is 0 Å². The summed E-state index contributed by atoms with van der Waals surface area (Å²) < 4.78 is 15.9. The Hall–Kier alpha value is -1.46. The van der Waals surface area contributed by atoms with Crippen molar-refractivity contribution >= 4 is 5.69 Å². The van der Waals surface area contributed by atoms with E-state index in [0.29, 0.717) is 12.3 Å². The van der Waals surface area contributed by atoms with Crippen molar-refractivity contribution in [2.75, 3.05) is 32.7 Å². The van der Waals surface area contributed by atoms with Crippen molar-refractivity contribution in [2.45, 2.75) is 32.5 Å². The van der Waals surface area contributed by atoms with Gasteiger partial charge in [0.1, 0.15) is 11.5 Å². The first-order chi connectivity index (χ1) is 9.35. The molecular weight excluding hydrogens is 258 g/mol.